The zero-order chi connectivity index (χ0) is 6.28. The van der Waals surface area contributed by atoms with Crippen LogP contribution in [0.5, 0.6) is 0 Å². The van der Waals surface area contributed by atoms with Gasteiger partial charge in [-0.15, -0.1) is 0 Å². The first-order chi connectivity index (χ1) is 3.15. The third-order valence-electron chi connectivity index (χ3n) is 0. The number of rotatable bonds is 0. The zero-order valence-electron chi connectivity index (χ0n) is 4.86. The number of hydrogen-bond acceptors (Lipinski definition) is 2. The summed E-state index contributed by atoms with van der Waals surface area (Å²) in [4.78, 5) is 9.00. The molecule has 0 aromatic heterocycles. The molecule has 0 aromatic carbocycles. The van der Waals surface area contributed by atoms with Crippen LogP contribution in [0.1, 0.15) is 6.92 Å². The predicted octanol–water partition coefficient (Wildman–Crippen LogP) is -0.722. The Balaban J connectivity index is -0.0000000575. The van der Waals surface area contributed by atoms with Gasteiger partial charge in [-0.1, -0.05) is 0 Å². The molecule has 0 aliphatic rings. The van der Waals surface area contributed by atoms with E-state index in [2.05, 4.69) is 5.32 Å². The molecule has 0 saturated carbocycles. The van der Waals surface area contributed by atoms with E-state index < -0.39 is 5.97 Å². The Morgan fingerprint density at radius 2 is 1.50 bits per heavy atom. The van der Waals surface area contributed by atoms with Crippen LogP contribution < -0.4 is 5.32 Å². The predicted molar refractivity (Wildman–Crippen MR) is 35.4 cm³/mol. The SMILES string of the molecule is CC(=O)O.CNC.[KH]. The van der Waals surface area contributed by atoms with Crippen LogP contribution in [-0.4, -0.2) is 76.6 Å². The summed E-state index contributed by atoms with van der Waals surface area (Å²) in [6, 6.07) is 0. The van der Waals surface area contributed by atoms with Gasteiger partial charge in [-0.05, 0) is 14.1 Å². The zero-order valence-corrected chi connectivity index (χ0v) is 4.86. The Labute approximate surface area is 92.3 Å². The molecule has 2 N–H and O–H groups in total. The molecule has 0 saturated heterocycles. The molecule has 0 aromatic rings. The van der Waals surface area contributed by atoms with E-state index in [-0.39, 0.29) is 51.4 Å². The van der Waals surface area contributed by atoms with Gasteiger partial charge >= 0.3 is 51.4 Å². The molecule has 0 rings (SSSR count). The van der Waals surface area contributed by atoms with Crippen molar-refractivity contribution < 1.29 is 9.90 Å². The van der Waals surface area contributed by atoms with E-state index in [1.165, 1.54) is 0 Å². The fourth-order valence-electron chi connectivity index (χ4n) is 0. The summed E-state index contributed by atoms with van der Waals surface area (Å²) in [5.41, 5.74) is 0. The standard InChI is InChI=1S/C2H7N.C2H4O2.K.H/c1-3-2;1-2(3)4;;/h3H,1-2H3;1H3,(H,3,4);;. The molecule has 0 unspecified atom stereocenters. The first-order valence-corrected chi connectivity index (χ1v) is 1.93. The third-order valence-corrected chi connectivity index (χ3v) is 0. The van der Waals surface area contributed by atoms with Crippen LogP contribution in [-0.2, 0) is 4.79 Å². The number of hydrogen-bond donors (Lipinski definition) is 2. The van der Waals surface area contributed by atoms with Crippen molar-refractivity contribution in [3.05, 3.63) is 0 Å². The van der Waals surface area contributed by atoms with E-state index in [1.807, 2.05) is 14.1 Å². The normalized spacial score (nSPS) is 5.38. The van der Waals surface area contributed by atoms with E-state index >= 15 is 0 Å². The Morgan fingerprint density at radius 3 is 1.50 bits per heavy atom. The quantitative estimate of drug-likeness (QED) is 0.442. The monoisotopic (exact) mass is 145 g/mol. The Bertz CT molecular complexity index is 45.3. The van der Waals surface area contributed by atoms with Gasteiger partial charge in [-0.3, -0.25) is 4.79 Å². The van der Waals surface area contributed by atoms with E-state index in [1.54, 1.807) is 0 Å². The molecule has 8 heavy (non-hydrogen) atoms. The summed E-state index contributed by atoms with van der Waals surface area (Å²) in [5.74, 6) is -0.833. The summed E-state index contributed by atoms with van der Waals surface area (Å²) >= 11 is 0. The fourth-order valence-corrected chi connectivity index (χ4v) is 0. The molecule has 0 heterocycles. The van der Waals surface area contributed by atoms with Crippen LogP contribution in [0.15, 0.2) is 0 Å². The van der Waals surface area contributed by atoms with Crippen molar-refractivity contribution in [2.45, 2.75) is 6.92 Å². The molecule has 0 bridgehead atoms. The van der Waals surface area contributed by atoms with Crippen LogP contribution in [0.2, 0.25) is 0 Å². The van der Waals surface area contributed by atoms with E-state index in [0.717, 1.165) is 6.92 Å². The minimum atomic E-state index is -0.833. The second-order valence-electron chi connectivity index (χ2n) is 1.02. The van der Waals surface area contributed by atoms with Gasteiger partial charge < -0.3 is 10.4 Å². The van der Waals surface area contributed by atoms with Crippen LogP contribution in [0.4, 0.5) is 0 Å². The molecule has 0 atom stereocenters. The van der Waals surface area contributed by atoms with Crippen LogP contribution in [0.25, 0.3) is 0 Å². The van der Waals surface area contributed by atoms with Crippen LogP contribution in [0, 0.1) is 0 Å². The Kier molecular flexibility index (Phi) is 31.4. The molecule has 0 fully saturated rings. The van der Waals surface area contributed by atoms with Crippen LogP contribution >= 0.6 is 0 Å². The number of carbonyl (C=O) groups is 1. The Morgan fingerprint density at radius 1 is 1.50 bits per heavy atom. The van der Waals surface area contributed by atoms with Crippen molar-refractivity contribution in [1.82, 2.24) is 5.32 Å². The van der Waals surface area contributed by atoms with Crippen molar-refractivity contribution >= 4 is 57.4 Å². The average Bonchev–Trinajstić information content (AvgIpc) is 1.33. The van der Waals surface area contributed by atoms with Gasteiger partial charge in [0, 0.05) is 6.92 Å². The first-order valence-electron chi connectivity index (χ1n) is 1.93. The molecule has 0 aliphatic carbocycles. The van der Waals surface area contributed by atoms with Crippen molar-refractivity contribution in [3.63, 3.8) is 0 Å². The topological polar surface area (TPSA) is 49.3 Å². The van der Waals surface area contributed by atoms with Crippen molar-refractivity contribution in [1.29, 1.82) is 0 Å². The van der Waals surface area contributed by atoms with E-state index in [4.69, 9.17) is 9.90 Å². The first kappa shape index (κ1) is 16.0. The average molecular weight is 145 g/mol. The van der Waals surface area contributed by atoms with Gasteiger partial charge in [0.1, 0.15) is 0 Å². The van der Waals surface area contributed by atoms with Gasteiger partial charge in [0.05, 0.1) is 0 Å². The van der Waals surface area contributed by atoms with Crippen molar-refractivity contribution in [2.24, 2.45) is 0 Å². The number of carboxylic acids is 1. The summed E-state index contributed by atoms with van der Waals surface area (Å²) in [5, 5.41) is 10.2. The second-order valence-corrected chi connectivity index (χ2v) is 1.02. The molecular weight excluding hydrogens is 133 g/mol. The van der Waals surface area contributed by atoms with Gasteiger partial charge in [-0.25, -0.2) is 0 Å². The summed E-state index contributed by atoms with van der Waals surface area (Å²) in [7, 11) is 3.75. The van der Waals surface area contributed by atoms with E-state index in [0.29, 0.717) is 0 Å². The maximum atomic E-state index is 9.00. The number of nitrogens with one attached hydrogen (secondary N) is 1. The fraction of sp³-hybridized carbons (Fsp3) is 0.750. The molecule has 0 spiro atoms. The van der Waals surface area contributed by atoms with Crippen LogP contribution in [0.3, 0.4) is 0 Å². The Hall–Kier alpha value is 1.07. The number of carboxylic acid groups (broad SMARTS) is 1. The van der Waals surface area contributed by atoms with Crippen molar-refractivity contribution in [2.75, 3.05) is 14.1 Å². The molecule has 3 nitrogen and oxygen atoms in total. The van der Waals surface area contributed by atoms with Gasteiger partial charge in [-0.2, -0.15) is 0 Å². The summed E-state index contributed by atoms with van der Waals surface area (Å²) < 4.78 is 0. The van der Waals surface area contributed by atoms with Gasteiger partial charge in [0.2, 0.25) is 0 Å². The van der Waals surface area contributed by atoms with Gasteiger partial charge in [0.25, 0.3) is 5.97 Å². The number of aliphatic carboxylic acids is 1. The summed E-state index contributed by atoms with van der Waals surface area (Å²) in [6.45, 7) is 1.08. The molecule has 0 aliphatic heterocycles. The third kappa shape index (κ3) is 229. The minimum absolute atomic E-state index is 0. The molecular formula is C4H12KNO2. The molecule has 46 valence electrons. The molecule has 0 radical (unpaired) electrons. The summed E-state index contributed by atoms with van der Waals surface area (Å²) in [6.07, 6.45) is 0. The van der Waals surface area contributed by atoms with Crippen molar-refractivity contribution in [3.8, 4) is 0 Å². The van der Waals surface area contributed by atoms with E-state index in [9.17, 15) is 0 Å². The van der Waals surface area contributed by atoms with Gasteiger partial charge in [0.15, 0.2) is 0 Å². The molecule has 0 amide bonds. The second kappa shape index (κ2) is 15.7. The molecule has 4 heteroatoms. The maximum absolute atomic E-state index is 9.00.